The number of ketones is 1. The summed E-state index contributed by atoms with van der Waals surface area (Å²) in [5.74, 6) is -1.19. The molecule has 10 heterocycles. The van der Waals surface area contributed by atoms with Crippen LogP contribution in [0.1, 0.15) is 125 Å². The number of thiophene rings is 2. The average molecular weight is 1830 g/mol. The monoisotopic (exact) mass is 1830 g/mol. The van der Waals surface area contributed by atoms with Crippen molar-refractivity contribution in [2.24, 2.45) is 10.8 Å². The van der Waals surface area contributed by atoms with E-state index in [9.17, 15) is 42.7 Å². The number of nitrogens with one attached hydrogen (secondary N) is 2. The minimum atomic E-state index is -0.945. The second-order valence-corrected chi connectivity index (χ2v) is 30.2. The van der Waals surface area contributed by atoms with E-state index in [1.165, 1.54) is 34.8 Å². The number of nitrogen functional groups attached to an aromatic ring is 1. The van der Waals surface area contributed by atoms with Crippen LogP contribution >= 0.6 is 83.9 Å². The summed E-state index contributed by atoms with van der Waals surface area (Å²) >= 11 is 6.88. The van der Waals surface area contributed by atoms with Gasteiger partial charge in [0, 0.05) is 176 Å². The zero-order valence-electron chi connectivity index (χ0n) is 59.9. The third-order valence-electron chi connectivity index (χ3n) is 20.7. The average Bonchev–Trinajstić information content (AvgIpc) is 1.64. The molecule has 0 aliphatic carbocycles. The number of nitrogens with zero attached hydrogens (tertiary/aromatic N) is 6. The second kappa shape index (κ2) is 34.5. The SMILES string of the molecule is Cc1cccc(F)c1N.Cc1cnc(N2CC3(CCOCC3)C2)c(C(=O)Nc2ccc(C(=O)N3CCc4cc(C(=O)Cc5c(C)cccc5F)sc4-c4ccccc43)cc2)c1.Cc1cnc(N2CC3(CCOCC3)C2)c(C(=O)Nc2ccc(C(=O)N3CCc4cc(C(=O)O)sc4-c4ccccc43)cc2)c1.I.II. The van der Waals surface area contributed by atoms with Gasteiger partial charge in [0.2, 0.25) is 0 Å². The van der Waals surface area contributed by atoms with Crippen LogP contribution in [0.5, 0.6) is 0 Å². The molecule has 6 aromatic carbocycles. The topological polar surface area (TPSA) is 230 Å². The van der Waals surface area contributed by atoms with Gasteiger partial charge in [-0.15, -0.1) is 46.7 Å². The van der Waals surface area contributed by atoms with Crippen molar-refractivity contribution in [2.45, 2.75) is 72.6 Å². The first-order valence-electron chi connectivity index (χ1n) is 35.3. The van der Waals surface area contributed by atoms with Crippen molar-refractivity contribution in [3.63, 3.8) is 0 Å². The number of pyridine rings is 2. The summed E-state index contributed by atoms with van der Waals surface area (Å²) < 4.78 is 38.1. The quantitative estimate of drug-likeness (QED) is 0.0507. The summed E-state index contributed by atoms with van der Waals surface area (Å²) in [5.41, 5.74) is 18.2. The van der Waals surface area contributed by atoms with Gasteiger partial charge < -0.3 is 50.5 Å². The van der Waals surface area contributed by atoms with Crippen molar-refractivity contribution in [2.75, 3.05) is 102 Å². The van der Waals surface area contributed by atoms with Gasteiger partial charge in [0.25, 0.3) is 23.6 Å². The number of aromatic carboxylic acids is 1. The van der Waals surface area contributed by atoms with Crippen LogP contribution in [0.4, 0.5) is 48.9 Å². The fourth-order valence-corrected chi connectivity index (χ4v) is 17.0. The molecule has 558 valence electrons. The number of anilines is 7. The van der Waals surface area contributed by atoms with E-state index in [4.69, 9.17) is 15.2 Å². The molecule has 0 bridgehead atoms. The molecule has 0 atom stereocenters. The first-order chi connectivity index (χ1) is 51.7. The molecule has 6 aliphatic heterocycles. The number of ether oxygens (including phenoxy) is 2. The third kappa shape index (κ3) is 17.2. The van der Waals surface area contributed by atoms with Gasteiger partial charge in [-0.1, -0.05) is 60.7 Å². The van der Waals surface area contributed by atoms with Gasteiger partial charge in [-0.3, -0.25) is 24.0 Å². The number of aromatic nitrogens is 2. The molecule has 2 spiro atoms. The number of benzene rings is 6. The number of carbonyl (C=O) groups is 6. The fourth-order valence-electron chi connectivity index (χ4n) is 14.8. The molecular weight excluding hydrogens is 1750 g/mol. The van der Waals surface area contributed by atoms with Crippen LogP contribution < -0.4 is 36.0 Å². The zero-order chi connectivity index (χ0) is 75.3. The van der Waals surface area contributed by atoms with Crippen LogP contribution in [0.3, 0.4) is 0 Å². The number of nitrogens with two attached hydrogens (primary N) is 1. The molecule has 4 fully saturated rings. The summed E-state index contributed by atoms with van der Waals surface area (Å²) in [4.78, 5) is 99.7. The minimum absolute atomic E-state index is 0. The molecule has 0 unspecified atom stereocenters. The lowest BCUT2D eigenvalue weighted by molar-refractivity contribution is -0.000651. The molecule has 4 amide bonds. The van der Waals surface area contributed by atoms with E-state index in [0.29, 0.717) is 86.5 Å². The summed E-state index contributed by atoms with van der Waals surface area (Å²) in [7, 11) is 0. The Hall–Kier alpha value is -8.59. The Morgan fingerprint density at radius 1 is 0.546 bits per heavy atom. The van der Waals surface area contributed by atoms with E-state index in [0.717, 1.165) is 144 Å². The second-order valence-electron chi connectivity index (χ2n) is 28.1. The third-order valence-corrected chi connectivity index (χ3v) is 23.2. The van der Waals surface area contributed by atoms with Gasteiger partial charge in [-0.2, -0.15) is 0 Å². The maximum atomic E-state index is 14.5. The molecule has 0 radical (unpaired) electrons. The lowest BCUT2D eigenvalue weighted by Crippen LogP contribution is -2.59. The molecule has 6 aliphatic rings. The zero-order valence-corrected chi connectivity index (χ0v) is 68.2. The van der Waals surface area contributed by atoms with Crippen LogP contribution in [-0.4, -0.2) is 116 Å². The lowest BCUT2D eigenvalue weighted by atomic mass is 9.73. The highest BCUT2D eigenvalue weighted by atomic mass is 128. The Bertz CT molecular complexity index is 4990. The Morgan fingerprint density at radius 3 is 1.39 bits per heavy atom. The molecule has 16 rings (SSSR count). The number of hydrogen-bond acceptors (Lipinski definition) is 15. The van der Waals surface area contributed by atoms with E-state index in [1.54, 1.807) is 102 Å². The maximum Gasteiger partial charge on any atom is 0.345 e. The van der Waals surface area contributed by atoms with Crippen LogP contribution in [0.2, 0.25) is 0 Å². The molecule has 0 saturated carbocycles. The smallest absolute Gasteiger partial charge is 0.345 e. The van der Waals surface area contributed by atoms with Crippen molar-refractivity contribution in [1.82, 2.24) is 9.97 Å². The van der Waals surface area contributed by atoms with E-state index >= 15 is 0 Å². The molecule has 4 saturated heterocycles. The van der Waals surface area contributed by atoms with Gasteiger partial charge in [0.05, 0.1) is 33.1 Å². The number of fused-ring (bicyclic) bond motifs is 6. The Labute approximate surface area is 674 Å². The van der Waals surface area contributed by atoms with Crippen LogP contribution in [0.25, 0.3) is 20.9 Å². The number of amides is 4. The highest BCUT2D eigenvalue weighted by molar-refractivity contribution is 15.0. The molecule has 18 nitrogen and oxygen atoms in total. The lowest BCUT2D eigenvalue weighted by Gasteiger charge is -2.53. The number of rotatable bonds is 12. The Balaban J connectivity index is 0.000000177. The number of halogens is 5. The van der Waals surface area contributed by atoms with E-state index in [2.05, 4.69) is 67.6 Å². The highest BCUT2D eigenvalue weighted by Crippen LogP contribution is 2.47. The normalized spacial score (nSPS) is 15.4. The summed E-state index contributed by atoms with van der Waals surface area (Å²) in [5, 5.41) is 15.5. The van der Waals surface area contributed by atoms with E-state index in [1.807, 2.05) is 93.6 Å². The van der Waals surface area contributed by atoms with Gasteiger partial charge in [0.1, 0.15) is 28.1 Å². The van der Waals surface area contributed by atoms with Crippen molar-refractivity contribution >= 4 is 159 Å². The minimum Gasteiger partial charge on any atom is -0.477 e. The number of carbonyl (C=O) groups excluding carboxylic acids is 5. The Morgan fingerprint density at radius 2 is 0.963 bits per heavy atom. The number of aryl methyl sites for hydroxylation is 4. The summed E-state index contributed by atoms with van der Waals surface area (Å²) in [6, 6.07) is 46.3. The molecule has 108 heavy (non-hydrogen) atoms. The van der Waals surface area contributed by atoms with Crippen LogP contribution in [0, 0.1) is 50.2 Å². The van der Waals surface area contributed by atoms with Crippen LogP contribution in [0.15, 0.2) is 170 Å². The van der Waals surface area contributed by atoms with Crippen molar-refractivity contribution in [3.8, 4) is 20.9 Å². The van der Waals surface area contributed by atoms with Gasteiger partial charge in [-0.25, -0.2) is 23.5 Å². The first-order valence-corrected chi connectivity index (χ1v) is 43.3. The van der Waals surface area contributed by atoms with Gasteiger partial charge >= 0.3 is 5.97 Å². The van der Waals surface area contributed by atoms with Crippen molar-refractivity contribution in [1.29, 1.82) is 0 Å². The first kappa shape index (κ1) is 79.0. The number of hydrogen-bond donors (Lipinski definition) is 4. The van der Waals surface area contributed by atoms with Gasteiger partial charge in [0.15, 0.2) is 5.78 Å². The van der Waals surface area contributed by atoms with Gasteiger partial charge in [-0.05, 0) is 202 Å². The Kier molecular flexibility index (Phi) is 25.3. The number of para-hydroxylation sites is 3. The fraction of sp³-hybridized carbons (Fsp3) is 0.277. The summed E-state index contributed by atoms with van der Waals surface area (Å²) in [6.45, 7) is 14.9. The standard InChI is InChI=1S/C42H39FN4O4S.C34H32N4O5S.C7H8FN.I2.HI/c1-26-20-33(39(44-23-26)46-24-42(25-46)15-18-51-19-16-42)40(49)45-30-12-10-28(11-13-30)41(50)47-17-14-29-21-37(52-38(29)31-7-3-4-9-35(31)47)36(48)22-32-27(2)6-5-8-34(32)43;1-21-16-26(30(35-18-21)37-19-34(20-37)11-14-43-15-12-34)31(39)36-24-8-6-22(7-9-24)32(40)38-13-10-23-17-28(33(41)42)44-29(23)25-4-2-3-5-27(25)38;1-5-3-2-4-6(8)7(5)9;1-2;/h3-13,20-21,23H,14-19,22,24-25H2,1-2H3,(H,45,49);2-9,16-18H,10-15,19-20H2,1H3,(H,36,39)(H,41,42);2-4H,9H2,1H3;;1H. The number of carboxylic acid groups (broad SMARTS) is 1. The largest absolute Gasteiger partial charge is 0.477 e. The molecule has 10 aromatic rings. The van der Waals surface area contributed by atoms with E-state index in [-0.39, 0.29) is 88.0 Å². The predicted molar refractivity (Wildman–Crippen MR) is 452 cm³/mol. The highest BCUT2D eigenvalue weighted by Gasteiger charge is 2.47. The summed E-state index contributed by atoms with van der Waals surface area (Å²) in [6.07, 6.45) is 8.83. The molecule has 4 aromatic heterocycles. The molecular formula is C83H80F2I3N9O9S2. The number of Topliss-reactive ketones (excluding diaryl/α,β-unsaturated/α-hetero) is 1. The van der Waals surface area contributed by atoms with Crippen molar-refractivity contribution < 1.29 is 52.1 Å². The molecule has 5 N–H and O–H groups in total. The van der Waals surface area contributed by atoms with Crippen molar-refractivity contribution in [3.05, 3.63) is 253 Å². The number of carboxylic acids is 1. The maximum absolute atomic E-state index is 14.5. The van der Waals surface area contributed by atoms with E-state index < -0.39 is 5.97 Å². The molecule has 25 heteroatoms. The van der Waals surface area contributed by atoms with Crippen LogP contribution in [-0.2, 0) is 28.7 Å². The predicted octanol–water partition coefficient (Wildman–Crippen LogP) is 18.1.